The minimum absolute atomic E-state index is 0.161. The minimum Gasteiger partial charge on any atom is -0.278 e. The summed E-state index contributed by atoms with van der Waals surface area (Å²) in [5.41, 5.74) is 6.56. The molecule has 0 amide bonds. The second kappa shape index (κ2) is 5.41. The molecule has 2 aromatic carbocycles. The van der Waals surface area contributed by atoms with E-state index in [9.17, 15) is 4.39 Å². The van der Waals surface area contributed by atoms with Gasteiger partial charge in [-0.2, -0.15) is 5.10 Å². The molecule has 0 saturated carbocycles. The van der Waals surface area contributed by atoms with E-state index in [0.29, 0.717) is 11.0 Å². The van der Waals surface area contributed by atoms with Crippen molar-refractivity contribution >= 4 is 35.1 Å². The highest BCUT2D eigenvalue weighted by Crippen LogP contribution is 2.38. The molecule has 0 atom stereocenters. The van der Waals surface area contributed by atoms with Crippen LogP contribution in [0.15, 0.2) is 36.5 Å². The van der Waals surface area contributed by atoms with E-state index >= 15 is 0 Å². The van der Waals surface area contributed by atoms with Gasteiger partial charge in [-0.1, -0.05) is 17.6 Å². The van der Waals surface area contributed by atoms with Crippen LogP contribution in [0.5, 0.6) is 0 Å². The maximum atomic E-state index is 14.8. The van der Waals surface area contributed by atoms with Crippen LogP contribution in [-0.4, -0.2) is 23.0 Å². The van der Waals surface area contributed by atoms with Gasteiger partial charge in [-0.05, 0) is 55.0 Å². The lowest BCUT2D eigenvalue weighted by Gasteiger charge is -2.22. The van der Waals surface area contributed by atoms with E-state index in [2.05, 4.69) is 10.2 Å². The SMILES string of the molecule is Bc1cccc(-c2nc3ccc4[nH]ncc4c3c3c2CCCC3)c1F. The zero-order chi connectivity index (χ0) is 17.0. The summed E-state index contributed by atoms with van der Waals surface area (Å²) >= 11 is 0. The number of nitrogens with zero attached hydrogens (tertiary/aromatic N) is 2. The van der Waals surface area contributed by atoms with Crippen LogP contribution < -0.4 is 5.46 Å². The van der Waals surface area contributed by atoms with Gasteiger partial charge in [-0.3, -0.25) is 5.10 Å². The molecule has 4 aromatic rings. The fourth-order valence-corrected chi connectivity index (χ4v) is 4.10. The highest BCUT2D eigenvalue weighted by molar-refractivity contribution is 6.32. The van der Waals surface area contributed by atoms with Crippen molar-refractivity contribution in [3.05, 3.63) is 53.5 Å². The predicted molar refractivity (Wildman–Crippen MR) is 102 cm³/mol. The summed E-state index contributed by atoms with van der Waals surface area (Å²) in [6.07, 6.45) is 6.13. The Balaban J connectivity index is 1.92. The molecule has 1 aliphatic rings. The fourth-order valence-electron chi connectivity index (χ4n) is 4.10. The van der Waals surface area contributed by atoms with Crippen LogP contribution in [0.4, 0.5) is 4.39 Å². The number of aromatic amines is 1. The molecular weight excluding hydrogens is 312 g/mol. The molecule has 0 aliphatic heterocycles. The van der Waals surface area contributed by atoms with Crippen LogP contribution in [0, 0.1) is 5.82 Å². The molecule has 3 nitrogen and oxygen atoms in total. The molecule has 0 fully saturated rings. The maximum Gasteiger partial charge on any atom is 0.143 e. The van der Waals surface area contributed by atoms with Gasteiger partial charge in [0.15, 0.2) is 0 Å². The molecule has 0 radical (unpaired) electrons. The Morgan fingerprint density at radius 3 is 2.76 bits per heavy atom. The van der Waals surface area contributed by atoms with Gasteiger partial charge in [-0.15, -0.1) is 0 Å². The van der Waals surface area contributed by atoms with Crippen LogP contribution in [0.25, 0.3) is 33.1 Å². The molecule has 2 aromatic heterocycles. The highest BCUT2D eigenvalue weighted by Gasteiger charge is 2.22. The summed E-state index contributed by atoms with van der Waals surface area (Å²) < 4.78 is 14.8. The average Bonchev–Trinajstić information content (AvgIpc) is 3.12. The molecule has 0 bridgehead atoms. The number of halogens is 1. The van der Waals surface area contributed by atoms with Crippen molar-refractivity contribution in [2.75, 3.05) is 0 Å². The van der Waals surface area contributed by atoms with Crippen molar-refractivity contribution < 1.29 is 4.39 Å². The quantitative estimate of drug-likeness (QED) is 0.546. The number of hydrogen-bond acceptors (Lipinski definition) is 2. The van der Waals surface area contributed by atoms with Crippen LogP contribution in [0.1, 0.15) is 24.0 Å². The third-order valence-electron chi connectivity index (χ3n) is 5.34. The van der Waals surface area contributed by atoms with Crippen LogP contribution in [-0.2, 0) is 12.8 Å². The van der Waals surface area contributed by atoms with Gasteiger partial charge in [0.1, 0.15) is 13.7 Å². The van der Waals surface area contributed by atoms with E-state index in [1.54, 1.807) is 13.9 Å². The summed E-state index contributed by atoms with van der Waals surface area (Å²) in [6.45, 7) is 0. The number of aromatic nitrogens is 3. The van der Waals surface area contributed by atoms with E-state index in [1.807, 2.05) is 30.5 Å². The number of H-pyrrole nitrogens is 1. The molecule has 1 N–H and O–H groups in total. The van der Waals surface area contributed by atoms with Crippen molar-refractivity contribution in [1.82, 2.24) is 15.2 Å². The lowest BCUT2D eigenvalue weighted by Crippen LogP contribution is -2.12. The predicted octanol–water partition coefficient (Wildman–Crippen LogP) is 3.05. The van der Waals surface area contributed by atoms with Gasteiger partial charge >= 0.3 is 0 Å². The monoisotopic (exact) mass is 329 g/mol. The minimum atomic E-state index is -0.161. The van der Waals surface area contributed by atoms with Crippen LogP contribution in [0.3, 0.4) is 0 Å². The van der Waals surface area contributed by atoms with Crippen LogP contribution >= 0.6 is 0 Å². The average molecular weight is 329 g/mol. The third kappa shape index (κ3) is 2.12. The Kier molecular flexibility index (Phi) is 3.17. The summed E-state index contributed by atoms with van der Waals surface area (Å²) in [4.78, 5) is 4.91. The Hall–Kier alpha value is -2.69. The lowest BCUT2D eigenvalue weighted by atomic mass is 9.84. The third-order valence-corrected chi connectivity index (χ3v) is 5.34. The largest absolute Gasteiger partial charge is 0.278 e. The summed E-state index contributed by atoms with van der Waals surface area (Å²) in [7, 11) is 1.81. The van der Waals surface area contributed by atoms with Gasteiger partial charge in [0.2, 0.25) is 0 Å². The Morgan fingerprint density at radius 2 is 1.88 bits per heavy atom. The van der Waals surface area contributed by atoms with Crippen molar-refractivity contribution in [3.8, 4) is 11.3 Å². The summed E-state index contributed by atoms with van der Waals surface area (Å²) in [5.74, 6) is -0.161. The van der Waals surface area contributed by atoms with E-state index in [4.69, 9.17) is 4.98 Å². The highest BCUT2D eigenvalue weighted by atomic mass is 19.1. The van der Waals surface area contributed by atoms with Crippen molar-refractivity contribution in [3.63, 3.8) is 0 Å². The fraction of sp³-hybridized carbons (Fsp3) is 0.200. The maximum absolute atomic E-state index is 14.8. The van der Waals surface area contributed by atoms with Crippen molar-refractivity contribution in [1.29, 1.82) is 0 Å². The van der Waals surface area contributed by atoms with Crippen molar-refractivity contribution in [2.45, 2.75) is 25.7 Å². The van der Waals surface area contributed by atoms with E-state index in [0.717, 1.165) is 47.8 Å². The number of fused-ring (bicyclic) bond motifs is 5. The number of pyridine rings is 1. The smallest absolute Gasteiger partial charge is 0.143 e. The zero-order valence-corrected chi connectivity index (χ0v) is 14.1. The first kappa shape index (κ1) is 14.6. The van der Waals surface area contributed by atoms with E-state index in [-0.39, 0.29) is 5.82 Å². The van der Waals surface area contributed by atoms with Gasteiger partial charge in [0.25, 0.3) is 0 Å². The van der Waals surface area contributed by atoms with E-state index < -0.39 is 0 Å². The van der Waals surface area contributed by atoms with E-state index in [1.165, 1.54) is 16.5 Å². The topological polar surface area (TPSA) is 41.6 Å². The second-order valence-corrected chi connectivity index (χ2v) is 6.85. The number of hydrogen-bond donors (Lipinski definition) is 1. The number of nitrogens with one attached hydrogen (secondary N) is 1. The molecule has 25 heavy (non-hydrogen) atoms. The van der Waals surface area contributed by atoms with Gasteiger partial charge in [0, 0.05) is 16.3 Å². The molecule has 0 saturated heterocycles. The molecule has 5 heteroatoms. The molecule has 1 aliphatic carbocycles. The summed E-state index contributed by atoms with van der Waals surface area (Å²) in [5, 5.41) is 9.53. The molecule has 122 valence electrons. The normalized spacial score (nSPS) is 14.1. The van der Waals surface area contributed by atoms with Gasteiger partial charge in [-0.25, -0.2) is 9.37 Å². The van der Waals surface area contributed by atoms with Gasteiger partial charge < -0.3 is 0 Å². The Labute approximate surface area is 145 Å². The molecule has 0 unspecified atom stereocenters. The number of benzene rings is 2. The summed E-state index contributed by atoms with van der Waals surface area (Å²) in [6, 6.07) is 9.59. The Morgan fingerprint density at radius 1 is 1.04 bits per heavy atom. The Bertz CT molecular complexity index is 1130. The van der Waals surface area contributed by atoms with Gasteiger partial charge in [0.05, 0.1) is 22.9 Å². The number of rotatable bonds is 1. The molecule has 2 heterocycles. The zero-order valence-electron chi connectivity index (χ0n) is 14.1. The number of aryl methyl sites for hydroxylation is 1. The van der Waals surface area contributed by atoms with Crippen LogP contribution in [0.2, 0.25) is 0 Å². The first-order valence-electron chi connectivity index (χ1n) is 8.77. The van der Waals surface area contributed by atoms with Crippen molar-refractivity contribution in [2.24, 2.45) is 0 Å². The first-order chi connectivity index (χ1) is 12.2. The first-order valence-corrected chi connectivity index (χ1v) is 8.77. The second-order valence-electron chi connectivity index (χ2n) is 6.85. The lowest BCUT2D eigenvalue weighted by molar-refractivity contribution is 0.637. The molecule has 0 spiro atoms. The standard InChI is InChI=1S/C20H17BFN3/c21-15-7-3-6-13(19(15)22)20-12-5-2-1-4-11(12)18-14-10-23-25-16(14)8-9-17(18)24-20/h3,6-10H,1-2,4-5,21H2,(H,23,25). The molecular formula is C20H17BFN3. The molecule has 5 rings (SSSR count).